The minimum atomic E-state index is -0.195. The molecule has 26 heavy (non-hydrogen) atoms. The minimum Gasteiger partial charge on any atom is -0.357 e. The molecule has 2 aromatic carbocycles. The van der Waals surface area contributed by atoms with Gasteiger partial charge in [-0.3, -0.25) is 10.1 Å². The molecular formula is C19H15BrN4OS. The zero-order valence-electron chi connectivity index (χ0n) is 13.9. The fourth-order valence-corrected chi connectivity index (χ4v) is 4.12. The Morgan fingerprint density at radius 2 is 2.04 bits per heavy atom. The summed E-state index contributed by atoms with van der Waals surface area (Å²) < 4.78 is 2.05. The first-order chi connectivity index (χ1) is 12.6. The van der Waals surface area contributed by atoms with Gasteiger partial charge in [0, 0.05) is 23.4 Å². The average molecular weight is 427 g/mol. The number of amides is 1. The smallest absolute Gasteiger partial charge is 0.273 e. The van der Waals surface area contributed by atoms with Crippen molar-refractivity contribution >= 4 is 59.9 Å². The maximum Gasteiger partial charge on any atom is 0.273 e. The molecule has 0 aliphatic heterocycles. The first-order valence-corrected chi connectivity index (χ1v) is 9.56. The van der Waals surface area contributed by atoms with Crippen LogP contribution in [0.5, 0.6) is 0 Å². The number of anilines is 3. The molecule has 7 heteroatoms. The number of carbonyl (C=O) groups excluding carboxylic acids is 1. The molecule has 5 nitrogen and oxygen atoms in total. The Labute approximate surface area is 162 Å². The van der Waals surface area contributed by atoms with E-state index in [-0.39, 0.29) is 5.91 Å². The van der Waals surface area contributed by atoms with E-state index >= 15 is 0 Å². The van der Waals surface area contributed by atoms with Crippen molar-refractivity contribution in [1.29, 1.82) is 0 Å². The normalized spacial score (nSPS) is 10.8. The molecule has 4 rings (SSSR count). The molecule has 0 aliphatic rings. The Bertz CT molecular complexity index is 1070. The lowest BCUT2D eigenvalue weighted by Gasteiger charge is -2.20. The van der Waals surface area contributed by atoms with Crippen molar-refractivity contribution in [2.75, 3.05) is 17.3 Å². The fraction of sp³-hybridized carbons (Fsp3) is 0.0526. The number of carbonyl (C=O) groups is 1. The maximum absolute atomic E-state index is 12.2. The van der Waals surface area contributed by atoms with Gasteiger partial charge >= 0.3 is 0 Å². The number of nitrogens with zero attached hydrogens (tertiary/aromatic N) is 2. The van der Waals surface area contributed by atoms with Crippen LogP contribution in [0.25, 0.3) is 10.2 Å². The van der Waals surface area contributed by atoms with Crippen molar-refractivity contribution in [1.82, 2.24) is 9.97 Å². The number of hydrogen-bond acceptors (Lipinski definition) is 4. The summed E-state index contributed by atoms with van der Waals surface area (Å²) in [4.78, 5) is 21.7. The Morgan fingerprint density at radius 3 is 2.81 bits per heavy atom. The van der Waals surface area contributed by atoms with Crippen LogP contribution in [0, 0.1) is 0 Å². The second kappa shape index (κ2) is 6.93. The third kappa shape index (κ3) is 3.23. The average Bonchev–Trinajstić information content (AvgIpc) is 3.30. The number of benzene rings is 2. The first kappa shape index (κ1) is 16.8. The maximum atomic E-state index is 12.2. The van der Waals surface area contributed by atoms with Gasteiger partial charge in [0.2, 0.25) is 0 Å². The summed E-state index contributed by atoms with van der Waals surface area (Å²) >= 11 is 5.05. The first-order valence-electron chi connectivity index (χ1n) is 7.95. The highest BCUT2D eigenvalue weighted by atomic mass is 79.9. The number of para-hydroxylation sites is 1. The molecule has 0 saturated carbocycles. The van der Waals surface area contributed by atoms with Crippen molar-refractivity contribution in [2.24, 2.45) is 0 Å². The van der Waals surface area contributed by atoms with Crippen LogP contribution in [0.2, 0.25) is 0 Å². The number of H-pyrrole nitrogens is 1. The number of aromatic amines is 1. The Kier molecular flexibility index (Phi) is 4.48. The van der Waals surface area contributed by atoms with Gasteiger partial charge in [-0.05, 0) is 58.4 Å². The quantitative estimate of drug-likeness (QED) is 0.458. The lowest BCUT2D eigenvalue weighted by Crippen LogP contribution is -2.11. The molecule has 2 aromatic heterocycles. The van der Waals surface area contributed by atoms with Crippen molar-refractivity contribution in [3.05, 3.63) is 71.0 Å². The molecule has 0 saturated heterocycles. The molecule has 0 fully saturated rings. The third-order valence-electron chi connectivity index (χ3n) is 4.04. The monoisotopic (exact) mass is 426 g/mol. The van der Waals surface area contributed by atoms with E-state index < -0.39 is 0 Å². The van der Waals surface area contributed by atoms with Gasteiger partial charge in [0.15, 0.2) is 5.13 Å². The van der Waals surface area contributed by atoms with E-state index in [2.05, 4.69) is 48.2 Å². The van der Waals surface area contributed by atoms with Gasteiger partial charge in [-0.15, -0.1) is 0 Å². The molecule has 4 aromatic rings. The van der Waals surface area contributed by atoms with Crippen molar-refractivity contribution < 1.29 is 4.79 Å². The van der Waals surface area contributed by atoms with Crippen LogP contribution < -0.4 is 10.2 Å². The van der Waals surface area contributed by atoms with E-state index in [1.165, 1.54) is 11.3 Å². The zero-order valence-corrected chi connectivity index (χ0v) is 16.3. The van der Waals surface area contributed by atoms with Gasteiger partial charge in [0.25, 0.3) is 5.91 Å². The summed E-state index contributed by atoms with van der Waals surface area (Å²) in [5.74, 6) is -0.195. The van der Waals surface area contributed by atoms with Crippen LogP contribution in [-0.2, 0) is 0 Å². The minimum absolute atomic E-state index is 0.195. The molecule has 2 heterocycles. The molecular weight excluding hydrogens is 412 g/mol. The van der Waals surface area contributed by atoms with Crippen molar-refractivity contribution in [2.45, 2.75) is 0 Å². The van der Waals surface area contributed by atoms with Crippen LogP contribution in [0.3, 0.4) is 0 Å². The van der Waals surface area contributed by atoms with Gasteiger partial charge in [0.05, 0.1) is 15.9 Å². The van der Waals surface area contributed by atoms with E-state index in [0.29, 0.717) is 10.8 Å². The summed E-state index contributed by atoms with van der Waals surface area (Å²) in [5.41, 5.74) is 3.51. The molecule has 0 radical (unpaired) electrons. The SMILES string of the molecule is CN(c1ccc2nc(NC(=O)c3ccc[nH]3)sc2c1)c1ccccc1Br. The summed E-state index contributed by atoms with van der Waals surface area (Å²) in [6.07, 6.45) is 1.72. The van der Waals surface area contributed by atoms with Crippen molar-refractivity contribution in [3.63, 3.8) is 0 Å². The molecule has 0 spiro atoms. The predicted octanol–water partition coefficient (Wildman–Crippen LogP) is 5.41. The van der Waals surface area contributed by atoms with E-state index in [0.717, 1.165) is 26.1 Å². The topological polar surface area (TPSA) is 61.0 Å². The van der Waals surface area contributed by atoms with E-state index in [1.807, 2.05) is 37.4 Å². The third-order valence-corrected chi connectivity index (χ3v) is 5.64. The number of nitrogens with one attached hydrogen (secondary N) is 2. The Morgan fingerprint density at radius 1 is 1.19 bits per heavy atom. The summed E-state index contributed by atoms with van der Waals surface area (Å²) in [5, 5.41) is 3.42. The van der Waals surface area contributed by atoms with E-state index in [4.69, 9.17) is 0 Å². The second-order valence-corrected chi connectivity index (χ2v) is 7.60. The predicted molar refractivity (Wildman–Crippen MR) is 111 cm³/mol. The van der Waals surface area contributed by atoms with E-state index in [9.17, 15) is 4.79 Å². The lowest BCUT2D eigenvalue weighted by atomic mass is 10.2. The largest absolute Gasteiger partial charge is 0.357 e. The van der Waals surface area contributed by atoms with Crippen LogP contribution in [0.15, 0.2) is 65.3 Å². The van der Waals surface area contributed by atoms with Gasteiger partial charge in [-0.1, -0.05) is 23.5 Å². The molecule has 0 aliphatic carbocycles. The highest BCUT2D eigenvalue weighted by molar-refractivity contribution is 9.10. The lowest BCUT2D eigenvalue weighted by molar-refractivity contribution is 0.102. The van der Waals surface area contributed by atoms with Crippen LogP contribution in [-0.4, -0.2) is 22.9 Å². The number of fused-ring (bicyclic) bond motifs is 1. The highest BCUT2D eigenvalue weighted by Crippen LogP contribution is 2.34. The van der Waals surface area contributed by atoms with E-state index in [1.54, 1.807) is 18.3 Å². The van der Waals surface area contributed by atoms with Crippen LogP contribution >= 0.6 is 27.3 Å². The molecule has 0 unspecified atom stereocenters. The van der Waals surface area contributed by atoms with Gasteiger partial charge in [0.1, 0.15) is 5.69 Å². The zero-order chi connectivity index (χ0) is 18.1. The molecule has 2 N–H and O–H groups in total. The van der Waals surface area contributed by atoms with Crippen LogP contribution in [0.1, 0.15) is 10.5 Å². The molecule has 1 amide bonds. The summed E-state index contributed by atoms with van der Waals surface area (Å²) in [7, 11) is 2.02. The number of hydrogen-bond donors (Lipinski definition) is 2. The number of rotatable bonds is 4. The standard InChI is InChI=1S/C19H15BrN4OS/c1-24(16-7-3-2-5-13(16)20)12-8-9-14-17(11-12)26-19(22-14)23-18(25)15-6-4-10-21-15/h2-11,21H,1H3,(H,22,23,25). The highest BCUT2D eigenvalue weighted by Gasteiger charge is 2.13. The summed E-state index contributed by atoms with van der Waals surface area (Å²) in [6.45, 7) is 0. The van der Waals surface area contributed by atoms with Crippen molar-refractivity contribution in [3.8, 4) is 0 Å². The van der Waals surface area contributed by atoms with Gasteiger partial charge in [-0.2, -0.15) is 0 Å². The fourth-order valence-electron chi connectivity index (χ4n) is 2.67. The number of aromatic nitrogens is 2. The van der Waals surface area contributed by atoms with Gasteiger partial charge < -0.3 is 9.88 Å². The summed E-state index contributed by atoms with van der Waals surface area (Å²) in [6, 6.07) is 17.7. The Balaban J connectivity index is 1.62. The van der Waals surface area contributed by atoms with Crippen LogP contribution in [0.4, 0.5) is 16.5 Å². The molecule has 0 atom stereocenters. The second-order valence-electron chi connectivity index (χ2n) is 5.72. The number of halogens is 1. The Hall–Kier alpha value is -2.64. The molecule has 130 valence electrons. The van der Waals surface area contributed by atoms with Gasteiger partial charge in [-0.25, -0.2) is 4.98 Å². The number of thiazole rings is 1. The molecule has 0 bridgehead atoms.